The van der Waals surface area contributed by atoms with Crippen LogP contribution in [0.4, 0.5) is 5.69 Å². The number of amides is 1. The third kappa shape index (κ3) is 6.83. The highest BCUT2D eigenvalue weighted by atomic mass is 32.1. The van der Waals surface area contributed by atoms with Crippen molar-refractivity contribution in [3.8, 4) is 0 Å². The van der Waals surface area contributed by atoms with Crippen LogP contribution in [0.5, 0.6) is 0 Å². The van der Waals surface area contributed by atoms with Gasteiger partial charge in [0.05, 0.1) is 16.1 Å². The summed E-state index contributed by atoms with van der Waals surface area (Å²) in [5.41, 5.74) is 14.2. The molecule has 1 aliphatic carbocycles. The molecule has 1 aliphatic rings. The Labute approximate surface area is 199 Å². The molecule has 0 spiro atoms. The fourth-order valence-corrected chi connectivity index (χ4v) is 4.71. The number of pyridine rings is 1. The SMILES string of the molecule is CN(CCN)C(=O)C1CCC(N)CC1.O=Cc1sccc1NCc1ccnc2ccccc12. The van der Waals surface area contributed by atoms with Gasteiger partial charge in [0.15, 0.2) is 6.29 Å². The summed E-state index contributed by atoms with van der Waals surface area (Å²) in [5.74, 6) is 0.425. The number of aldehydes is 1. The van der Waals surface area contributed by atoms with E-state index in [4.69, 9.17) is 11.5 Å². The Morgan fingerprint density at radius 3 is 2.70 bits per heavy atom. The van der Waals surface area contributed by atoms with Crippen LogP contribution in [0.2, 0.25) is 0 Å². The molecule has 2 aromatic heterocycles. The van der Waals surface area contributed by atoms with Gasteiger partial charge >= 0.3 is 0 Å². The minimum absolute atomic E-state index is 0.186. The Morgan fingerprint density at radius 2 is 1.97 bits per heavy atom. The van der Waals surface area contributed by atoms with E-state index in [1.807, 2.05) is 49.0 Å². The Hall–Kier alpha value is -2.81. The number of nitrogens with zero attached hydrogens (tertiary/aromatic N) is 2. The highest BCUT2D eigenvalue weighted by Gasteiger charge is 2.26. The van der Waals surface area contributed by atoms with E-state index in [0.717, 1.165) is 53.4 Å². The second-order valence-corrected chi connectivity index (χ2v) is 9.27. The molecule has 0 unspecified atom stereocenters. The van der Waals surface area contributed by atoms with Gasteiger partial charge in [0.25, 0.3) is 0 Å². The van der Waals surface area contributed by atoms with Gasteiger partial charge in [-0.2, -0.15) is 0 Å². The van der Waals surface area contributed by atoms with Gasteiger partial charge in [-0.05, 0) is 54.8 Å². The summed E-state index contributed by atoms with van der Waals surface area (Å²) in [6, 6.07) is 12.3. The number of rotatable bonds is 7. The third-order valence-electron chi connectivity index (χ3n) is 5.97. The number of aromatic nitrogens is 1. The smallest absolute Gasteiger partial charge is 0.225 e. The molecular weight excluding hydrogens is 434 g/mol. The van der Waals surface area contributed by atoms with Gasteiger partial charge in [0.1, 0.15) is 0 Å². The van der Waals surface area contributed by atoms with Gasteiger partial charge in [-0.1, -0.05) is 18.2 Å². The zero-order chi connectivity index (χ0) is 23.6. The van der Waals surface area contributed by atoms with Crippen LogP contribution < -0.4 is 16.8 Å². The fourth-order valence-electron chi connectivity index (χ4n) is 4.04. The maximum atomic E-state index is 11.8. The molecule has 0 saturated heterocycles. The van der Waals surface area contributed by atoms with Gasteiger partial charge in [-0.15, -0.1) is 11.3 Å². The molecule has 1 amide bonds. The highest BCUT2D eigenvalue weighted by molar-refractivity contribution is 7.12. The molecule has 0 aliphatic heterocycles. The van der Waals surface area contributed by atoms with Crippen molar-refractivity contribution in [2.24, 2.45) is 17.4 Å². The topological polar surface area (TPSA) is 114 Å². The second-order valence-electron chi connectivity index (χ2n) is 8.32. The van der Waals surface area contributed by atoms with Crippen molar-refractivity contribution in [1.29, 1.82) is 0 Å². The lowest BCUT2D eigenvalue weighted by atomic mass is 9.85. The summed E-state index contributed by atoms with van der Waals surface area (Å²) in [4.78, 5) is 29.5. The molecule has 7 nitrogen and oxygen atoms in total. The number of carbonyl (C=O) groups excluding carboxylic acids is 2. The van der Waals surface area contributed by atoms with Crippen molar-refractivity contribution in [3.05, 3.63) is 58.4 Å². The van der Waals surface area contributed by atoms with E-state index in [9.17, 15) is 9.59 Å². The molecule has 176 valence electrons. The fraction of sp³-hybridized carbons (Fsp3) is 0.400. The van der Waals surface area contributed by atoms with Crippen LogP contribution in [0.3, 0.4) is 0 Å². The molecule has 1 fully saturated rings. The Bertz CT molecular complexity index is 1040. The summed E-state index contributed by atoms with van der Waals surface area (Å²) in [6.07, 6.45) is 6.54. The number of fused-ring (bicyclic) bond motifs is 1. The zero-order valence-corrected chi connectivity index (χ0v) is 19.9. The van der Waals surface area contributed by atoms with Crippen molar-refractivity contribution >= 4 is 40.1 Å². The maximum absolute atomic E-state index is 11.8. The van der Waals surface area contributed by atoms with Crippen molar-refractivity contribution in [2.75, 3.05) is 25.5 Å². The predicted octanol–water partition coefficient (Wildman–Crippen LogP) is 3.64. The Balaban J connectivity index is 0.000000196. The number of likely N-dealkylation sites (N-methyl/N-ethyl adjacent to an activating group) is 1. The highest BCUT2D eigenvalue weighted by Crippen LogP contribution is 2.25. The molecule has 0 atom stereocenters. The predicted molar refractivity (Wildman–Crippen MR) is 135 cm³/mol. The maximum Gasteiger partial charge on any atom is 0.225 e. The van der Waals surface area contributed by atoms with Gasteiger partial charge in [0.2, 0.25) is 5.91 Å². The number of hydrogen-bond acceptors (Lipinski definition) is 7. The zero-order valence-electron chi connectivity index (χ0n) is 19.1. The molecule has 3 aromatic rings. The summed E-state index contributed by atoms with van der Waals surface area (Å²) in [6.45, 7) is 1.87. The first-order valence-electron chi connectivity index (χ1n) is 11.3. The van der Waals surface area contributed by atoms with Gasteiger partial charge in [-0.25, -0.2) is 0 Å². The number of carbonyl (C=O) groups is 2. The lowest BCUT2D eigenvalue weighted by Gasteiger charge is -2.28. The first-order valence-corrected chi connectivity index (χ1v) is 12.2. The largest absolute Gasteiger partial charge is 0.380 e. The number of nitrogens with one attached hydrogen (secondary N) is 1. The average Bonchev–Trinajstić information content (AvgIpc) is 3.31. The van der Waals surface area contributed by atoms with Gasteiger partial charge < -0.3 is 21.7 Å². The van der Waals surface area contributed by atoms with Crippen LogP contribution in [-0.4, -0.2) is 48.3 Å². The molecule has 33 heavy (non-hydrogen) atoms. The first kappa shape index (κ1) is 24.8. The van der Waals surface area contributed by atoms with E-state index in [2.05, 4.69) is 16.4 Å². The van der Waals surface area contributed by atoms with Crippen LogP contribution in [-0.2, 0) is 11.3 Å². The van der Waals surface area contributed by atoms with Crippen molar-refractivity contribution in [2.45, 2.75) is 38.3 Å². The van der Waals surface area contributed by atoms with Gasteiger partial charge in [-0.3, -0.25) is 14.6 Å². The molecule has 0 radical (unpaired) electrons. The Morgan fingerprint density at radius 1 is 1.21 bits per heavy atom. The van der Waals surface area contributed by atoms with Crippen molar-refractivity contribution in [1.82, 2.24) is 9.88 Å². The molecule has 1 saturated carbocycles. The standard InChI is InChI=1S/C15H12N2OS.C10H21N3O/c18-10-15-14(6-8-19-15)17-9-11-5-7-16-13-4-2-1-3-12(11)13;1-13(7-6-11)10(14)8-2-4-9(12)5-3-8/h1-8,10,17H,9H2;8-9H,2-7,11-12H2,1H3. The van der Waals surface area contributed by atoms with Crippen LogP contribution >= 0.6 is 11.3 Å². The molecule has 0 bridgehead atoms. The number of thiophene rings is 1. The molecule has 2 heterocycles. The van der Waals surface area contributed by atoms with E-state index in [-0.39, 0.29) is 11.8 Å². The number of hydrogen-bond donors (Lipinski definition) is 3. The summed E-state index contributed by atoms with van der Waals surface area (Å²) in [5, 5.41) is 6.36. The second kappa shape index (κ2) is 12.4. The van der Waals surface area contributed by atoms with E-state index in [1.54, 1.807) is 4.90 Å². The lowest BCUT2D eigenvalue weighted by Crippen LogP contribution is -2.39. The molecule has 4 rings (SSSR count). The summed E-state index contributed by atoms with van der Waals surface area (Å²) < 4.78 is 0. The van der Waals surface area contributed by atoms with Crippen LogP contribution in [0.25, 0.3) is 10.9 Å². The lowest BCUT2D eigenvalue weighted by molar-refractivity contribution is -0.135. The van der Waals surface area contributed by atoms with E-state index < -0.39 is 0 Å². The van der Waals surface area contributed by atoms with E-state index in [0.29, 0.717) is 25.7 Å². The average molecular weight is 468 g/mol. The minimum atomic E-state index is 0.186. The minimum Gasteiger partial charge on any atom is -0.380 e. The molecular formula is C25H33N5O2S. The first-order chi connectivity index (χ1) is 16.0. The van der Waals surface area contributed by atoms with Crippen molar-refractivity contribution in [3.63, 3.8) is 0 Å². The van der Waals surface area contributed by atoms with E-state index >= 15 is 0 Å². The molecule has 5 N–H and O–H groups in total. The van der Waals surface area contributed by atoms with Crippen LogP contribution in [0.1, 0.15) is 40.9 Å². The third-order valence-corrected chi connectivity index (χ3v) is 6.81. The van der Waals surface area contributed by atoms with E-state index in [1.165, 1.54) is 16.9 Å². The van der Waals surface area contributed by atoms with Crippen LogP contribution in [0, 0.1) is 5.92 Å². The number of benzene rings is 1. The normalized spacial score (nSPS) is 17.7. The number of nitrogens with two attached hydrogens (primary N) is 2. The quantitative estimate of drug-likeness (QED) is 0.457. The summed E-state index contributed by atoms with van der Waals surface area (Å²) in [7, 11) is 1.82. The monoisotopic (exact) mass is 467 g/mol. The summed E-state index contributed by atoms with van der Waals surface area (Å²) >= 11 is 1.45. The van der Waals surface area contributed by atoms with Crippen LogP contribution in [0.15, 0.2) is 48.0 Å². The Kier molecular flexibility index (Phi) is 9.35. The van der Waals surface area contributed by atoms with Gasteiger partial charge in [0, 0.05) is 50.2 Å². The number of para-hydroxylation sites is 1. The molecule has 8 heteroatoms. The number of anilines is 1. The molecule has 1 aromatic carbocycles. The van der Waals surface area contributed by atoms with Crippen molar-refractivity contribution < 1.29 is 9.59 Å².